The van der Waals surface area contributed by atoms with Gasteiger partial charge >= 0.3 is 0 Å². The molecule has 1 aromatic heterocycles. The van der Waals surface area contributed by atoms with Crippen molar-refractivity contribution in [1.29, 1.82) is 0 Å². The molecule has 1 N–H and O–H groups in total. The van der Waals surface area contributed by atoms with Gasteiger partial charge in [-0.3, -0.25) is 5.10 Å². The van der Waals surface area contributed by atoms with E-state index in [4.69, 9.17) is 21.7 Å². The zero-order chi connectivity index (χ0) is 20.1. The number of para-hydroxylation sites is 1. The van der Waals surface area contributed by atoms with Crippen LogP contribution in [0.2, 0.25) is 0 Å². The average molecular weight is 400 g/mol. The molecule has 0 saturated carbocycles. The molecule has 0 aliphatic heterocycles. The van der Waals surface area contributed by atoms with E-state index in [1.807, 2.05) is 26.0 Å². The van der Waals surface area contributed by atoms with E-state index in [2.05, 4.69) is 15.3 Å². The molecule has 0 spiro atoms. The van der Waals surface area contributed by atoms with Gasteiger partial charge in [-0.05, 0) is 42.0 Å². The first kappa shape index (κ1) is 19.8. The van der Waals surface area contributed by atoms with Crippen molar-refractivity contribution in [2.45, 2.75) is 26.4 Å². The summed E-state index contributed by atoms with van der Waals surface area (Å²) in [5.74, 6) is 1.72. The number of aromatic nitrogens is 3. The van der Waals surface area contributed by atoms with Crippen molar-refractivity contribution in [2.75, 3.05) is 7.11 Å². The van der Waals surface area contributed by atoms with E-state index in [9.17, 15) is 4.39 Å². The van der Waals surface area contributed by atoms with Gasteiger partial charge in [-0.15, -0.1) is 0 Å². The Hall–Kier alpha value is -3.00. The molecule has 0 amide bonds. The standard InChI is InChI=1S/C20H21FN4O2S/c1-13(2)19-23-24-20(28)25(19)22-11-15-5-4-6-17(26-3)18(15)27-12-14-7-9-16(21)10-8-14/h4-11,13H,12H2,1-3H3,(H,24,28)/b22-11-. The third-order valence-electron chi connectivity index (χ3n) is 4.03. The van der Waals surface area contributed by atoms with Crippen LogP contribution in [-0.2, 0) is 6.61 Å². The minimum atomic E-state index is -0.285. The van der Waals surface area contributed by atoms with Gasteiger partial charge in [0, 0.05) is 11.5 Å². The largest absolute Gasteiger partial charge is 0.493 e. The number of aromatic amines is 1. The molecule has 0 aliphatic rings. The maximum Gasteiger partial charge on any atom is 0.216 e. The Bertz CT molecular complexity index is 1030. The van der Waals surface area contributed by atoms with Crippen molar-refractivity contribution in [3.8, 4) is 11.5 Å². The molecule has 3 aromatic rings. The van der Waals surface area contributed by atoms with Gasteiger partial charge in [-0.2, -0.15) is 14.9 Å². The highest BCUT2D eigenvalue weighted by Crippen LogP contribution is 2.31. The Kier molecular flexibility index (Phi) is 6.20. The molecule has 0 atom stereocenters. The molecule has 8 heteroatoms. The first-order valence-electron chi connectivity index (χ1n) is 8.75. The fraction of sp³-hybridized carbons (Fsp3) is 0.250. The van der Waals surface area contributed by atoms with Crippen molar-refractivity contribution in [1.82, 2.24) is 14.9 Å². The molecule has 0 bridgehead atoms. The van der Waals surface area contributed by atoms with Crippen molar-refractivity contribution in [3.63, 3.8) is 0 Å². The summed E-state index contributed by atoms with van der Waals surface area (Å²) in [4.78, 5) is 0. The Labute approximate surface area is 167 Å². The number of rotatable bonds is 7. The lowest BCUT2D eigenvalue weighted by molar-refractivity contribution is 0.284. The number of nitrogens with zero attached hydrogens (tertiary/aromatic N) is 3. The highest BCUT2D eigenvalue weighted by atomic mass is 32.1. The van der Waals surface area contributed by atoms with Crippen molar-refractivity contribution < 1.29 is 13.9 Å². The fourth-order valence-electron chi connectivity index (χ4n) is 2.59. The summed E-state index contributed by atoms with van der Waals surface area (Å²) in [7, 11) is 1.57. The fourth-order valence-corrected chi connectivity index (χ4v) is 2.78. The van der Waals surface area contributed by atoms with Crippen LogP contribution in [0.3, 0.4) is 0 Å². The van der Waals surface area contributed by atoms with E-state index in [0.29, 0.717) is 16.3 Å². The molecule has 1 heterocycles. The van der Waals surface area contributed by atoms with Crippen LogP contribution < -0.4 is 9.47 Å². The summed E-state index contributed by atoms with van der Waals surface area (Å²) in [5, 5.41) is 11.4. The highest BCUT2D eigenvalue weighted by Gasteiger charge is 2.12. The maximum absolute atomic E-state index is 13.1. The Morgan fingerprint density at radius 1 is 1.25 bits per heavy atom. The van der Waals surface area contributed by atoms with E-state index in [-0.39, 0.29) is 18.3 Å². The number of H-pyrrole nitrogens is 1. The summed E-state index contributed by atoms with van der Waals surface area (Å²) in [6, 6.07) is 11.7. The number of methoxy groups -OCH3 is 1. The molecule has 0 radical (unpaired) electrons. The summed E-state index contributed by atoms with van der Waals surface area (Å²) < 4.78 is 26.5. The topological polar surface area (TPSA) is 64.4 Å². The molecule has 0 saturated heterocycles. The Morgan fingerprint density at radius 3 is 2.68 bits per heavy atom. The van der Waals surface area contributed by atoms with E-state index in [1.165, 1.54) is 12.1 Å². The predicted molar refractivity (Wildman–Crippen MR) is 108 cm³/mol. The number of nitrogens with one attached hydrogen (secondary N) is 1. The van der Waals surface area contributed by atoms with Gasteiger partial charge < -0.3 is 9.47 Å². The van der Waals surface area contributed by atoms with E-state index in [1.54, 1.807) is 36.2 Å². The minimum Gasteiger partial charge on any atom is -0.493 e. The first-order chi connectivity index (χ1) is 13.5. The molecule has 0 fully saturated rings. The molecular weight excluding hydrogens is 379 g/mol. The van der Waals surface area contributed by atoms with Gasteiger partial charge in [0.2, 0.25) is 4.77 Å². The molecular formula is C20H21FN4O2S. The molecule has 28 heavy (non-hydrogen) atoms. The molecule has 146 valence electrons. The van der Waals surface area contributed by atoms with Crippen LogP contribution in [0.4, 0.5) is 4.39 Å². The molecule has 2 aromatic carbocycles. The van der Waals surface area contributed by atoms with Gasteiger partial charge in [0.15, 0.2) is 17.3 Å². The summed E-state index contributed by atoms with van der Waals surface area (Å²) in [6.07, 6.45) is 1.65. The predicted octanol–water partition coefficient (Wildman–Crippen LogP) is 4.67. The highest BCUT2D eigenvalue weighted by molar-refractivity contribution is 7.71. The zero-order valence-corrected chi connectivity index (χ0v) is 16.7. The second-order valence-corrected chi connectivity index (χ2v) is 6.78. The van der Waals surface area contributed by atoms with E-state index < -0.39 is 0 Å². The lowest BCUT2D eigenvalue weighted by Crippen LogP contribution is -2.03. The molecule has 0 unspecified atom stereocenters. The molecule has 0 aliphatic carbocycles. The second kappa shape index (κ2) is 8.79. The number of benzene rings is 2. The van der Waals surface area contributed by atoms with Crippen molar-refractivity contribution in [3.05, 3.63) is 70.0 Å². The number of hydrogen-bond donors (Lipinski definition) is 1. The SMILES string of the molecule is COc1cccc(/C=N\n2c(C(C)C)n[nH]c2=S)c1OCc1ccc(F)cc1. The quantitative estimate of drug-likeness (QED) is 0.462. The van der Waals surface area contributed by atoms with Crippen LogP contribution in [0.1, 0.15) is 36.7 Å². The Balaban J connectivity index is 1.90. The van der Waals surface area contributed by atoms with Gasteiger partial charge in [-0.25, -0.2) is 4.39 Å². The maximum atomic E-state index is 13.1. The second-order valence-electron chi connectivity index (χ2n) is 6.39. The van der Waals surface area contributed by atoms with Crippen molar-refractivity contribution in [2.24, 2.45) is 5.10 Å². The number of halogens is 1. The monoisotopic (exact) mass is 400 g/mol. The zero-order valence-electron chi connectivity index (χ0n) is 15.8. The van der Waals surface area contributed by atoms with Gasteiger partial charge in [-0.1, -0.05) is 32.0 Å². The first-order valence-corrected chi connectivity index (χ1v) is 9.16. The summed E-state index contributed by atoms with van der Waals surface area (Å²) in [5.41, 5.74) is 1.56. The smallest absolute Gasteiger partial charge is 0.216 e. The minimum absolute atomic E-state index is 0.157. The summed E-state index contributed by atoms with van der Waals surface area (Å²) >= 11 is 5.26. The number of hydrogen-bond acceptors (Lipinski definition) is 5. The lowest BCUT2D eigenvalue weighted by atomic mass is 10.2. The van der Waals surface area contributed by atoms with Gasteiger partial charge in [0.1, 0.15) is 12.4 Å². The van der Waals surface area contributed by atoms with Crippen LogP contribution >= 0.6 is 12.2 Å². The van der Waals surface area contributed by atoms with Crippen LogP contribution in [0.5, 0.6) is 11.5 Å². The van der Waals surface area contributed by atoms with Crippen molar-refractivity contribution >= 4 is 18.4 Å². The van der Waals surface area contributed by atoms with Gasteiger partial charge in [0.25, 0.3) is 0 Å². The van der Waals surface area contributed by atoms with Crippen LogP contribution in [-0.4, -0.2) is 28.2 Å². The van der Waals surface area contributed by atoms with Crippen LogP contribution in [0, 0.1) is 10.6 Å². The molecule has 6 nitrogen and oxygen atoms in total. The normalized spacial score (nSPS) is 11.3. The third-order valence-corrected chi connectivity index (χ3v) is 4.29. The van der Waals surface area contributed by atoms with Crippen LogP contribution in [0.25, 0.3) is 0 Å². The van der Waals surface area contributed by atoms with Crippen LogP contribution in [0.15, 0.2) is 47.6 Å². The summed E-state index contributed by atoms with van der Waals surface area (Å²) in [6.45, 7) is 4.30. The van der Waals surface area contributed by atoms with E-state index >= 15 is 0 Å². The third kappa shape index (κ3) is 4.45. The lowest BCUT2D eigenvalue weighted by Gasteiger charge is -2.13. The van der Waals surface area contributed by atoms with E-state index in [0.717, 1.165) is 17.0 Å². The Morgan fingerprint density at radius 2 is 2.00 bits per heavy atom. The molecule has 3 rings (SSSR count). The van der Waals surface area contributed by atoms with Gasteiger partial charge in [0.05, 0.1) is 13.3 Å². The average Bonchev–Trinajstić information content (AvgIpc) is 3.06. The number of ether oxygens (including phenoxy) is 2.